The van der Waals surface area contributed by atoms with Gasteiger partial charge in [0.1, 0.15) is 0 Å². The Labute approximate surface area is 89.1 Å². The third kappa shape index (κ3) is 62.5. The van der Waals surface area contributed by atoms with E-state index in [0.29, 0.717) is 0 Å². The van der Waals surface area contributed by atoms with E-state index < -0.39 is 5.97 Å². The van der Waals surface area contributed by atoms with Gasteiger partial charge in [0.05, 0.1) is 13.2 Å². The van der Waals surface area contributed by atoms with Crippen molar-refractivity contribution in [2.45, 2.75) is 12.8 Å². The second-order valence-electron chi connectivity index (χ2n) is 2.14. The van der Waals surface area contributed by atoms with Gasteiger partial charge < -0.3 is 25.5 Å². The average Bonchev–Trinajstić information content (AvgIpc) is 2.27. The maximum absolute atomic E-state index is 9.25. The van der Waals surface area contributed by atoms with E-state index >= 15 is 0 Å². The summed E-state index contributed by atoms with van der Waals surface area (Å²) in [4.78, 5) is 9.25. The van der Waals surface area contributed by atoms with Gasteiger partial charge >= 0.3 is 5.97 Å². The molecule has 0 aliphatic carbocycles. The van der Waals surface area contributed by atoms with Crippen LogP contribution >= 0.6 is 0 Å². The summed E-state index contributed by atoms with van der Waals surface area (Å²) in [7, 11) is 0. The number of carboxylic acids is 1. The minimum Gasteiger partial charge on any atom is -0.478 e. The molecule has 0 aliphatic heterocycles. The summed E-state index contributed by atoms with van der Waals surface area (Å²) in [5, 5.41) is 39.0. The first-order valence-electron chi connectivity index (χ1n) is 4.39. The van der Waals surface area contributed by atoms with Crippen LogP contribution in [0.3, 0.4) is 0 Å². The number of hydrogen-bond acceptors (Lipinski definition) is 5. The fraction of sp³-hybridized carbons (Fsp3) is 0.667. The average molecular weight is 224 g/mol. The molecule has 0 radical (unpaired) electrons. The largest absolute Gasteiger partial charge is 0.478 e. The molecule has 0 heterocycles. The Morgan fingerprint density at radius 3 is 1.27 bits per heavy atom. The van der Waals surface area contributed by atoms with Gasteiger partial charge in [-0.25, -0.2) is 4.79 Å². The zero-order chi connectivity index (χ0) is 12.5. The quantitative estimate of drug-likeness (QED) is 0.301. The summed E-state index contributed by atoms with van der Waals surface area (Å²) in [6.07, 6.45) is 2.27. The van der Waals surface area contributed by atoms with Crippen LogP contribution < -0.4 is 0 Å². The maximum Gasteiger partial charge on any atom is 0.327 e. The zero-order valence-electron chi connectivity index (χ0n) is 8.67. The molecule has 0 amide bonds. The molecule has 0 unspecified atom stereocenters. The number of carboxylic acid groups (broad SMARTS) is 1. The van der Waals surface area contributed by atoms with Crippen molar-refractivity contribution < 1.29 is 30.3 Å². The Hall–Kier alpha value is -0.950. The molecule has 5 N–H and O–H groups in total. The smallest absolute Gasteiger partial charge is 0.327 e. The molecule has 15 heavy (non-hydrogen) atoms. The fourth-order valence-electron chi connectivity index (χ4n) is 0.224. The molecule has 0 bridgehead atoms. The van der Waals surface area contributed by atoms with Crippen LogP contribution in [-0.2, 0) is 4.79 Å². The minimum atomic E-state index is -0.981. The normalized spacial score (nSPS) is 7.73. The van der Waals surface area contributed by atoms with Gasteiger partial charge in [-0.2, -0.15) is 0 Å². The first-order valence-corrected chi connectivity index (χ1v) is 4.39. The van der Waals surface area contributed by atoms with Crippen molar-refractivity contribution in [2.75, 3.05) is 26.4 Å². The van der Waals surface area contributed by atoms with Crippen molar-refractivity contribution >= 4 is 5.97 Å². The van der Waals surface area contributed by atoms with Gasteiger partial charge in [0.15, 0.2) is 0 Å². The molecule has 6 heteroatoms. The highest BCUT2D eigenvalue weighted by Crippen LogP contribution is 1.80. The highest BCUT2D eigenvalue weighted by Gasteiger charge is 1.77. The van der Waals surface area contributed by atoms with E-state index in [1.54, 1.807) is 0 Å². The molecule has 0 atom stereocenters. The maximum atomic E-state index is 9.25. The molecule has 0 spiro atoms. The Kier molecular flexibility index (Phi) is 30.2. The Balaban J connectivity index is -0.000000147. The van der Waals surface area contributed by atoms with Gasteiger partial charge in [-0.15, -0.1) is 0 Å². The Bertz CT molecular complexity index is 120. The Morgan fingerprint density at radius 2 is 1.20 bits per heavy atom. The van der Waals surface area contributed by atoms with Crippen LogP contribution in [0.25, 0.3) is 0 Å². The molecule has 0 aromatic rings. The van der Waals surface area contributed by atoms with Crippen molar-refractivity contribution in [1.29, 1.82) is 0 Å². The molecular weight excluding hydrogens is 204 g/mol. The van der Waals surface area contributed by atoms with Crippen molar-refractivity contribution in [3.63, 3.8) is 0 Å². The molecule has 0 aromatic carbocycles. The minimum absolute atomic E-state index is 0.125. The summed E-state index contributed by atoms with van der Waals surface area (Å²) in [5.41, 5.74) is 0. The number of rotatable bonds is 5. The first-order chi connectivity index (χ1) is 7.10. The number of carbonyl (C=O) groups is 1. The Morgan fingerprint density at radius 1 is 0.933 bits per heavy atom. The first kappa shape index (κ1) is 19.6. The lowest BCUT2D eigenvalue weighted by Crippen LogP contribution is -1.85. The van der Waals surface area contributed by atoms with Crippen molar-refractivity contribution in [2.24, 2.45) is 0 Å². The topological polar surface area (TPSA) is 118 Å². The number of aliphatic carboxylic acids is 1. The molecule has 0 aromatic heterocycles. The molecule has 92 valence electrons. The van der Waals surface area contributed by atoms with Crippen LogP contribution in [0.2, 0.25) is 0 Å². The second kappa shape index (κ2) is 23.1. The highest BCUT2D eigenvalue weighted by molar-refractivity contribution is 5.78. The van der Waals surface area contributed by atoms with Crippen molar-refractivity contribution in [3.05, 3.63) is 12.7 Å². The van der Waals surface area contributed by atoms with Crippen LogP contribution in [0.4, 0.5) is 0 Å². The van der Waals surface area contributed by atoms with Crippen LogP contribution in [0.1, 0.15) is 12.8 Å². The van der Waals surface area contributed by atoms with Gasteiger partial charge in [0, 0.05) is 19.3 Å². The van der Waals surface area contributed by atoms with E-state index in [0.717, 1.165) is 18.9 Å². The SMILES string of the molecule is C=CC(=O)O.OCCCCO.OCCO. The van der Waals surface area contributed by atoms with Gasteiger partial charge in [-0.05, 0) is 12.8 Å². The second-order valence-corrected chi connectivity index (χ2v) is 2.14. The molecule has 6 nitrogen and oxygen atoms in total. The summed E-state index contributed by atoms with van der Waals surface area (Å²) in [5.74, 6) is -0.981. The lowest BCUT2D eigenvalue weighted by atomic mass is 10.3. The summed E-state index contributed by atoms with van der Waals surface area (Å²) < 4.78 is 0. The molecule has 0 saturated carbocycles. The van der Waals surface area contributed by atoms with E-state index in [1.807, 2.05) is 0 Å². The van der Waals surface area contributed by atoms with E-state index in [2.05, 4.69) is 6.58 Å². The van der Waals surface area contributed by atoms with Crippen molar-refractivity contribution in [1.82, 2.24) is 0 Å². The third-order valence-corrected chi connectivity index (χ3v) is 0.841. The van der Waals surface area contributed by atoms with Gasteiger partial charge in [0.2, 0.25) is 0 Å². The molecular formula is C9H20O6. The molecule has 0 fully saturated rings. The standard InChI is InChI=1S/C4H10O2.C3H4O2.C2H6O2/c5-3-1-2-4-6;1-2-3(4)5;3-1-2-4/h5-6H,1-4H2;2H,1H2,(H,4,5);3-4H,1-2H2. The number of unbranched alkanes of at least 4 members (excludes halogenated alkanes) is 1. The summed E-state index contributed by atoms with van der Waals surface area (Å²) in [6, 6.07) is 0. The number of aliphatic hydroxyl groups is 4. The predicted molar refractivity (Wildman–Crippen MR) is 55.4 cm³/mol. The zero-order valence-corrected chi connectivity index (χ0v) is 8.67. The highest BCUT2D eigenvalue weighted by atomic mass is 16.4. The molecule has 0 rings (SSSR count). The van der Waals surface area contributed by atoms with Crippen LogP contribution in [0.15, 0.2) is 12.7 Å². The van der Waals surface area contributed by atoms with Gasteiger partial charge in [-0.3, -0.25) is 0 Å². The van der Waals surface area contributed by atoms with Crippen LogP contribution in [0.5, 0.6) is 0 Å². The van der Waals surface area contributed by atoms with Crippen LogP contribution in [0, 0.1) is 0 Å². The number of aliphatic hydroxyl groups excluding tert-OH is 4. The van der Waals surface area contributed by atoms with E-state index in [4.69, 9.17) is 25.5 Å². The lowest BCUT2D eigenvalue weighted by Gasteiger charge is -1.85. The lowest BCUT2D eigenvalue weighted by molar-refractivity contribution is -0.131. The molecule has 0 saturated heterocycles. The number of hydrogen-bond donors (Lipinski definition) is 5. The van der Waals surface area contributed by atoms with E-state index in [9.17, 15) is 4.79 Å². The van der Waals surface area contributed by atoms with E-state index in [-0.39, 0.29) is 26.4 Å². The molecule has 0 aliphatic rings. The third-order valence-electron chi connectivity index (χ3n) is 0.841. The summed E-state index contributed by atoms with van der Waals surface area (Å²) >= 11 is 0. The summed E-state index contributed by atoms with van der Waals surface area (Å²) in [6.45, 7) is 3.10. The fourth-order valence-corrected chi connectivity index (χ4v) is 0.224. The van der Waals surface area contributed by atoms with Gasteiger partial charge in [0.25, 0.3) is 0 Å². The predicted octanol–water partition coefficient (Wildman–Crippen LogP) is -1.02. The van der Waals surface area contributed by atoms with Crippen LogP contribution in [-0.4, -0.2) is 57.9 Å². The monoisotopic (exact) mass is 224 g/mol. The van der Waals surface area contributed by atoms with Gasteiger partial charge in [-0.1, -0.05) is 6.58 Å². The van der Waals surface area contributed by atoms with E-state index in [1.165, 1.54) is 0 Å². The van der Waals surface area contributed by atoms with Crippen molar-refractivity contribution in [3.8, 4) is 0 Å².